The van der Waals surface area contributed by atoms with E-state index in [0.717, 1.165) is 0 Å². The number of nitrogens with two attached hydrogens (primary N) is 2. The molecule has 0 amide bonds. The van der Waals surface area contributed by atoms with Gasteiger partial charge in [-0.1, -0.05) is 11.8 Å². The summed E-state index contributed by atoms with van der Waals surface area (Å²) in [5, 5.41) is 0.439. The average molecular weight is 280 g/mol. The first kappa shape index (κ1) is 13.2. The number of rotatable bonds is 4. The average Bonchev–Trinajstić information content (AvgIpc) is 2.82. The molecular formula is C11H12N4O3S. The molecule has 0 radical (unpaired) electrons. The monoisotopic (exact) mass is 280 g/mol. The summed E-state index contributed by atoms with van der Waals surface area (Å²) in [6, 6.07) is 3.16. The second kappa shape index (κ2) is 5.61. The fourth-order valence-electron chi connectivity index (χ4n) is 1.39. The van der Waals surface area contributed by atoms with Crippen LogP contribution in [0.25, 0.3) is 0 Å². The van der Waals surface area contributed by atoms with Crippen LogP contribution in [0.15, 0.2) is 28.0 Å². The number of hydrogen-bond donors (Lipinski definition) is 2. The number of thioether (sulfide) groups is 1. The van der Waals surface area contributed by atoms with E-state index in [9.17, 15) is 4.79 Å². The molecule has 8 heteroatoms. The Morgan fingerprint density at radius 3 is 2.74 bits per heavy atom. The van der Waals surface area contributed by atoms with Gasteiger partial charge in [0, 0.05) is 17.4 Å². The Hall–Kier alpha value is -2.22. The van der Waals surface area contributed by atoms with Crippen molar-refractivity contribution in [1.29, 1.82) is 0 Å². The zero-order chi connectivity index (χ0) is 13.8. The predicted molar refractivity (Wildman–Crippen MR) is 70.5 cm³/mol. The molecule has 0 atom stereocenters. The lowest BCUT2D eigenvalue weighted by Gasteiger charge is -2.02. The van der Waals surface area contributed by atoms with Crippen LogP contribution in [-0.4, -0.2) is 23.0 Å². The van der Waals surface area contributed by atoms with Crippen LogP contribution >= 0.6 is 11.8 Å². The van der Waals surface area contributed by atoms with Gasteiger partial charge in [0.25, 0.3) is 0 Å². The smallest absolute Gasteiger partial charge is 0.374 e. The molecule has 0 aliphatic carbocycles. The molecule has 19 heavy (non-hydrogen) atoms. The normalized spacial score (nSPS) is 10.4. The van der Waals surface area contributed by atoms with E-state index in [2.05, 4.69) is 14.7 Å². The van der Waals surface area contributed by atoms with E-state index in [1.165, 1.54) is 31.2 Å². The van der Waals surface area contributed by atoms with Gasteiger partial charge in [-0.05, 0) is 6.07 Å². The lowest BCUT2D eigenvalue weighted by Crippen LogP contribution is -2.03. The molecule has 0 spiro atoms. The molecular weight excluding hydrogens is 268 g/mol. The van der Waals surface area contributed by atoms with Crippen molar-refractivity contribution in [2.75, 3.05) is 18.6 Å². The van der Waals surface area contributed by atoms with Crippen LogP contribution in [-0.2, 0) is 10.5 Å². The first-order chi connectivity index (χ1) is 9.10. The highest BCUT2D eigenvalue weighted by Crippen LogP contribution is 2.24. The quantitative estimate of drug-likeness (QED) is 0.489. The number of nitrogens with zero attached hydrogens (tertiary/aromatic N) is 2. The van der Waals surface area contributed by atoms with E-state index in [0.29, 0.717) is 28.1 Å². The van der Waals surface area contributed by atoms with Crippen LogP contribution in [0.5, 0.6) is 0 Å². The molecule has 0 unspecified atom stereocenters. The highest BCUT2D eigenvalue weighted by Gasteiger charge is 2.16. The molecule has 2 rings (SSSR count). The summed E-state index contributed by atoms with van der Waals surface area (Å²) >= 11 is 1.30. The second-order valence-electron chi connectivity index (χ2n) is 3.56. The van der Waals surface area contributed by atoms with Crippen LogP contribution in [0.3, 0.4) is 0 Å². The zero-order valence-corrected chi connectivity index (χ0v) is 10.9. The van der Waals surface area contributed by atoms with Crippen LogP contribution in [0.4, 0.5) is 11.6 Å². The molecule has 4 N–H and O–H groups in total. The number of ether oxygens (including phenoxy) is 1. The molecule has 2 aromatic heterocycles. The number of carbonyl (C=O) groups is 1. The van der Waals surface area contributed by atoms with Crippen molar-refractivity contribution in [1.82, 2.24) is 9.97 Å². The molecule has 2 aromatic rings. The minimum absolute atomic E-state index is 0.173. The van der Waals surface area contributed by atoms with E-state index >= 15 is 0 Å². The molecule has 100 valence electrons. The van der Waals surface area contributed by atoms with E-state index in [-0.39, 0.29) is 5.76 Å². The summed E-state index contributed by atoms with van der Waals surface area (Å²) < 4.78 is 9.69. The topological polar surface area (TPSA) is 117 Å². The Morgan fingerprint density at radius 2 is 2.11 bits per heavy atom. The number of nitrogen functional groups attached to an aromatic ring is 2. The van der Waals surface area contributed by atoms with E-state index in [4.69, 9.17) is 15.9 Å². The van der Waals surface area contributed by atoms with Crippen molar-refractivity contribution in [3.63, 3.8) is 0 Å². The minimum atomic E-state index is -0.520. The van der Waals surface area contributed by atoms with Crippen molar-refractivity contribution < 1.29 is 13.9 Å². The van der Waals surface area contributed by atoms with Crippen molar-refractivity contribution in [3.05, 3.63) is 29.7 Å². The maximum atomic E-state index is 11.4. The molecule has 0 bridgehead atoms. The van der Waals surface area contributed by atoms with Gasteiger partial charge in [0.05, 0.1) is 13.4 Å². The number of carbonyl (C=O) groups excluding carboxylic acids is 1. The molecule has 0 saturated carbocycles. The first-order valence-corrected chi connectivity index (χ1v) is 6.26. The number of methoxy groups -OCH3 is 1. The van der Waals surface area contributed by atoms with Crippen molar-refractivity contribution in [2.24, 2.45) is 0 Å². The number of esters is 1. The standard InChI is InChI=1S/C11H12N4O3S/c1-17-10(16)9-6(2-3-18-9)5-19-11-14-7(12)4-8(13)15-11/h2-4H,5H2,1H3,(H4,12,13,14,15). The van der Waals surface area contributed by atoms with E-state index < -0.39 is 5.97 Å². The Labute approximate surface area is 113 Å². The van der Waals surface area contributed by atoms with Gasteiger partial charge in [-0.25, -0.2) is 14.8 Å². The number of aromatic nitrogens is 2. The molecule has 0 aliphatic rings. The van der Waals surface area contributed by atoms with Gasteiger partial charge in [-0.2, -0.15) is 0 Å². The van der Waals surface area contributed by atoms with Gasteiger partial charge >= 0.3 is 5.97 Å². The van der Waals surface area contributed by atoms with Crippen LogP contribution < -0.4 is 11.5 Å². The summed E-state index contributed by atoms with van der Waals surface area (Å²) in [6.07, 6.45) is 1.43. The highest BCUT2D eigenvalue weighted by atomic mass is 32.2. The largest absolute Gasteiger partial charge is 0.463 e. The molecule has 2 heterocycles. The van der Waals surface area contributed by atoms with Crippen molar-refractivity contribution in [2.45, 2.75) is 10.9 Å². The van der Waals surface area contributed by atoms with Gasteiger partial charge in [0.1, 0.15) is 11.6 Å². The lowest BCUT2D eigenvalue weighted by atomic mass is 10.3. The first-order valence-electron chi connectivity index (χ1n) is 5.27. The third-order valence-electron chi connectivity index (χ3n) is 2.22. The SMILES string of the molecule is COC(=O)c1occc1CSc1nc(N)cc(N)n1. The Bertz CT molecular complexity index is 579. The fraction of sp³-hybridized carbons (Fsp3) is 0.182. The third-order valence-corrected chi connectivity index (χ3v) is 3.12. The summed E-state index contributed by atoms with van der Waals surface area (Å²) in [5.41, 5.74) is 11.8. The van der Waals surface area contributed by atoms with Crippen LogP contribution in [0.1, 0.15) is 16.1 Å². The van der Waals surface area contributed by atoms with Crippen molar-refractivity contribution >= 4 is 29.4 Å². The lowest BCUT2D eigenvalue weighted by molar-refractivity contribution is 0.0564. The van der Waals surface area contributed by atoms with Gasteiger partial charge in [0.15, 0.2) is 5.16 Å². The summed E-state index contributed by atoms with van der Waals surface area (Å²) in [7, 11) is 1.30. The number of hydrogen-bond acceptors (Lipinski definition) is 8. The van der Waals surface area contributed by atoms with Gasteiger partial charge in [-0.3, -0.25) is 0 Å². The fourth-order valence-corrected chi connectivity index (χ4v) is 2.24. The molecule has 0 fully saturated rings. The highest BCUT2D eigenvalue weighted by molar-refractivity contribution is 7.98. The molecule has 7 nitrogen and oxygen atoms in total. The van der Waals surface area contributed by atoms with Crippen molar-refractivity contribution in [3.8, 4) is 0 Å². The maximum absolute atomic E-state index is 11.4. The van der Waals surface area contributed by atoms with E-state index in [1.807, 2.05) is 0 Å². The molecule has 0 saturated heterocycles. The summed E-state index contributed by atoms with van der Waals surface area (Å²) in [5.74, 6) is 0.704. The summed E-state index contributed by atoms with van der Waals surface area (Å²) in [6.45, 7) is 0. The van der Waals surface area contributed by atoms with Gasteiger partial charge in [-0.15, -0.1) is 0 Å². The van der Waals surface area contributed by atoms with Crippen LogP contribution in [0, 0.1) is 0 Å². The maximum Gasteiger partial charge on any atom is 0.374 e. The molecule has 0 aliphatic heterocycles. The zero-order valence-electron chi connectivity index (χ0n) is 10.1. The van der Waals surface area contributed by atoms with E-state index in [1.54, 1.807) is 6.07 Å². The third kappa shape index (κ3) is 3.16. The molecule has 0 aromatic carbocycles. The Kier molecular flexibility index (Phi) is 3.91. The Balaban J connectivity index is 2.10. The number of furan rings is 1. The van der Waals surface area contributed by atoms with Gasteiger partial charge in [0.2, 0.25) is 5.76 Å². The predicted octanol–water partition coefficient (Wildman–Crippen LogP) is 1.31. The van der Waals surface area contributed by atoms with Gasteiger partial charge < -0.3 is 20.6 Å². The second-order valence-corrected chi connectivity index (χ2v) is 4.50. The Morgan fingerprint density at radius 1 is 1.42 bits per heavy atom. The summed E-state index contributed by atoms with van der Waals surface area (Å²) in [4.78, 5) is 19.5. The number of anilines is 2. The minimum Gasteiger partial charge on any atom is -0.463 e. The van der Waals surface area contributed by atoms with Crippen LogP contribution in [0.2, 0.25) is 0 Å².